The third kappa shape index (κ3) is 2.49. The Balaban J connectivity index is 1.89. The van der Waals surface area contributed by atoms with Crippen LogP contribution in [0.4, 0.5) is 13.2 Å². The number of benzene rings is 2. The van der Waals surface area contributed by atoms with Gasteiger partial charge < -0.3 is 15.1 Å². The van der Waals surface area contributed by atoms with Crippen molar-refractivity contribution in [2.24, 2.45) is 5.92 Å². The molecule has 1 heterocycles. The molecular weight excluding hydrogens is 371 g/mol. The zero-order chi connectivity index (χ0) is 20.3. The number of rotatable bonds is 3. The SMILES string of the molecule is CCc1cc(C(=O)N2CC(CO)C2)cc2c1-c1ccccc1C2(O)C(F)(F)F. The minimum atomic E-state index is -4.93. The van der Waals surface area contributed by atoms with Crippen LogP contribution < -0.4 is 0 Å². The summed E-state index contributed by atoms with van der Waals surface area (Å²) in [7, 11) is 0. The van der Waals surface area contributed by atoms with Crippen LogP contribution in [0.2, 0.25) is 0 Å². The van der Waals surface area contributed by atoms with E-state index in [9.17, 15) is 23.1 Å². The number of aliphatic hydroxyl groups excluding tert-OH is 1. The first-order valence-electron chi connectivity index (χ1n) is 9.18. The Hall–Kier alpha value is -2.38. The Bertz CT molecular complexity index is 950. The summed E-state index contributed by atoms with van der Waals surface area (Å²) in [6.45, 7) is 2.52. The first kappa shape index (κ1) is 19.0. The van der Waals surface area contributed by atoms with Crippen LogP contribution in [0.25, 0.3) is 11.1 Å². The number of hydrogen-bond acceptors (Lipinski definition) is 3. The zero-order valence-electron chi connectivity index (χ0n) is 15.3. The molecule has 1 amide bonds. The molecule has 0 radical (unpaired) electrons. The number of aryl methyl sites for hydroxylation is 1. The molecule has 7 heteroatoms. The molecule has 0 saturated carbocycles. The summed E-state index contributed by atoms with van der Waals surface area (Å²) in [5, 5.41) is 20.0. The van der Waals surface area contributed by atoms with E-state index in [2.05, 4.69) is 0 Å². The summed E-state index contributed by atoms with van der Waals surface area (Å²) in [5.74, 6) is -0.386. The Morgan fingerprint density at radius 2 is 1.89 bits per heavy atom. The average Bonchev–Trinajstić information content (AvgIpc) is 2.90. The number of hydrogen-bond donors (Lipinski definition) is 2. The fraction of sp³-hybridized carbons (Fsp3) is 0.381. The van der Waals surface area contributed by atoms with Crippen molar-refractivity contribution in [3.05, 3.63) is 58.7 Å². The number of carbonyl (C=O) groups excluding carboxylic acids is 1. The van der Waals surface area contributed by atoms with Crippen molar-refractivity contribution in [3.8, 4) is 11.1 Å². The minimum absolute atomic E-state index is 0.000357. The average molecular weight is 391 g/mol. The molecule has 1 saturated heterocycles. The van der Waals surface area contributed by atoms with Crippen LogP contribution in [0, 0.1) is 5.92 Å². The smallest absolute Gasteiger partial charge is 0.396 e. The molecular formula is C21H20F3NO3. The van der Waals surface area contributed by atoms with Crippen LogP contribution in [0.5, 0.6) is 0 Å². The van der Waals surface area contributed by atoms with Crippen molar-refractivity contribution < 1.29 is 28.2 Å². The zero-order valence-corrected chi connectivity index (χ0v) is 15.3. The predicted molar refractivity (Wildman–Crippen MR) is 96.8 cm³/mol. The minimum Gasteiger partial charge on any atom is -0.396 e. The molecule has 1 unspecified atom stereocenters. The van der Waals surface area contributed by atoms with Crippen LogP contribution >= 0.6 is 0 Å². The monoisotopic (exact) mass is 391 g/mol. The maximum absolute atomic E-state index is 14.0. The Morgan fingerprint density at radius 3 is 2.50 bits per heavy atom. The summed E-state index contributed by atoms with van der Waals surface area (Å²) in [4.78, 5) is 14.3. The van der Waals surface area contributed by atoms with Crippen LogP contribution in [0.3, 0.4) is 0 Å². The Kier molecular flexibility index (Phi) is 4.28. The molecule has 2 aromatic carbocycles. The summed E-state index contributed by atoms with van der Waals surface area (Å²) in [6.07, 6.45) is -4.51. The van der Waals surface area contributed by atoms with Gasteiger partial charge in [-0.25, -0.2) is 0 Å². The van der Waals surface area contributed by atoms with Gasteiger partial charge in [0.25, 0.3) is 5.91 Å². The third-order valence-corrected chi connectivity index (χ3v) is 5.74. The van der Waals surface area contributed by atoms with Gasteiger partial charge in [0.05, 0.1) is 0 Å². The van der Waals surface area contributed by atoms with E-state index in [0.717, 1.165) is 0 Å². The number of fused-ring (bicyclic) bond motifs is 3. The van der Waals surface area contributed by atoms with E-state index in [4.69, 9.17) is 5.11 Å². The highest BCUT2D eigenvalue weighted by Crippen LogP contribution is 2.56. The van der Waals surface area contributed by atoms with Gasteiger partial charge in [0.1, 0.15) is 0 Å². The van der Waals surface area contributed by atoms with Gasteiger partial charge >= 0.3 is 6.18 Å². The lowest BCUT2D eigenvalue weighted by atomic mass is 9.88. The van der Waals surface area contributed by atoms with Crippen molar-refractivity contribution in [1.29, 1.82) is 0 Å². The van der Waals surface area contributed by atoms with Crippen molar-refractivity contribution >= 4 is 5.91 Å². The summed E-state index contributed by atoms with van der Waals surface area (Å²) >= 11 is 0. The van der Waals surface area contributed by atoms with E-state index < -0.39 is 11.8 Å². The van der Waals surface area contributed by atoms with Gasteiger partial charge in [0.15, 0.2) is 0 Å². The van der Waals surface area contributed by atoms with Gasteiger partial charge in [0, 0.05) is 42.3 Å². The van der Waals surface area contributed by atoms with E-state index in [0.29, 0.717) is 36.2 Å². The third-order valence-electron chi connectivity index (χ3n) is 5.74. The fourth-order valence-electron chi connectivity index (χ4n) is 4.21. The highest BCUT2D eigenvalue weighted by Gasteiger charge is 2.61. The van der Waals surface area contributed by atoms with E-state index in [1.807, 2.05) is 6.92 Å². The van der Waals surface area contributed by atoms with Gasteiger partial charge in [0.2, 0.25) is 5.60 Å². The lowest BCUT2D eigenvalue weighted by molar-refractivity contribution is -0.246. The molecule has 1 fully saturated rings. The number of carbonyl (C=O) groups is 1. The highest BCUT2D eigenvalue weighted by atomic mass is 19.4. The van der Waals surface area contributed by atoms with E-state index >= 15 is 0 Å². The number of halogens is 3. The maximum Gasteiger partial charge on any atom is 0.425 e. The van der Waals surface area contributed by atoms with Crippen molar-refractivity contribution in [3.63, 3.8) is 0 Å². The first-order valence-corrected chi connectivity index (χ1v) is 9.18. The molecule has 148 valence electrons. The largest absolute Gasteiger partial charge is 0.425 e. The number of alkyl halides is 3. The summed E-state index contributed by atoms with van der Waals surface area (Å²) in [5.41, 5.74) is -2.23. The number of nitrogens with zero attached hydrogens (tertiary/aromatic N) is 1. The second kappa shape index (κ2) is 6.32. The van der Waals surface area contributed by atoms with E-state index in [1.165, 1.54) is 23.1 Å². The molecule has 2 N–H and O–H groups in total. The second-order valence-electron chi connectivity index (χ2n) is 7.42. The van der Waals surface area contributed by atoms with Crippen LogP contribution in [0.1, 0.15) is 34.0 Å². The Labute approximate surface area is 160 Å². The molecule has 4 nitrogen and oxygen atoms in total. The van der Waals surface area contributed by atoms with Crippen LogP contribution in [-0.4, -0.2) is 46.9 Å². The summed E-state index contributed by atoms with van der Waals surface area (Å²) in [6, 6.07) is 8.75. The molecule has 1 atom stereocenters. The van der Waals surface area contributed by atoms with Gasteiger partial charge in [-0.1, -0.05) is 31.2 Å². The van der Waals surface area contributed by atoms with Crippen LogP contribution in [0.15, 0.2) is 36.4 Å². The molecule has 1 aliphatic carbocycles. The van der Waals surface area contributed by atoms with Crippen molar-refractivity contribution in [1.82, 2.24) is 4.90 Å². The maximum atomic E-state index is 14.0. The second-order valence-corrected chi connectivity index (χ2v) is 7.42. The molecule has 2 aliphatic rings. The lowest BCUT2D eigenvalue weighted by Gasteiger charge is -2.38. The van der Waals surface area contributed by atoms with Crippen molar-refractivity contribution in [2.75, 3.05) is 19.7 Å². The van der Waals surface area contributed by atoms with Gasteiger partial charge in [-0.2, -0.15) is 13.2 Å². The normalized spacial score (nSPS) is 21.3. The summed E-state index contributed by atoms with van der Waals surface area (Å²) < 4.78 is 42.1. The fourth-order valence-corrected chi connectivity index (χ4v) is 4.21. The topological polar surface area (TPSA) is 60.8 Å². The van der Waals surface area contributed by atoms with Gasteiger partial charge in [-0.15, -0.1) is 0 Å². The predicted octanol–water partition coefficient (Wildman–Crippen LogP) is 3.09. The lowest BCUT2D eigenvalue weighted by Crippen LogP contribution is -2.51. The van der Waals surface area contributed by atoms with E-state index in [-0.39, 0.29) is 35.1 Å². The highest BCUT2D eigenvalue weighted by molar-refractivity contribution is 5.97. The number of likely N-dealkylation sites (tertiary alicyclic amines) is 1. The number of amides is 1. The molecule has 0 spiro atoms. The molecule has 2 aromatic rings. The molecule has 0 bridgehead atoms. The quantitative estimate of drug-likeness (QED) is 0.845. The molecule has 1 aliphatic heterocycles. The molecule has 4 rings (SSSR count). The standard InChI is InChI=1S/C21H20F3NO3/c1-2-13-7-14(19(27)25-9-12(10-25)11-26)8-17-18(13)15-5-3-4-6-16(15)20(17,28)21(22,23)24/h3-8,12,26,28H,2,9-11H2,1H3. The molecule has 0 aromatic heterocycles. The molecule has 28 heavy (non-hydrogen) atoms. The van der Waals surface area contributed by atoms with Crippen molar-refractivity contribution in [2.45, 2.75) is 25.1 Å². The van der Waals surface area contributed by atoms with E-state index in [1.54, 1.807) is 18.2 Å². The number of aliphatic hydroxyl groups is 2. The first-order chi connectivity index (χ1) is 13.2. The van der Waals surface area contributed by atoms with Crippen LogP contribution in [-0.2, 0) is 12.0 Å². The van der Waals surface area contributed by atoms with Gasteiger partial charge in [-0.3, -0.25) is 4.79 Å². The Morgan fingerprint density at radius 1 is 1.21 bits per heavy atom. The van der Waals surface area contributed by atoms with Gasteiger partial charge in [-0.05, 0) is 35.2 Å².